The first-order valence-corrected chi connectivity index (χ1v) is 13.0. The van der Waals surface area contributed by atoms with Crippen molar-refractivity contribution in [2.45, 2.75) is 20.4 Å². The van der Waals surface area contributed by atoms with Gasteiger partial charge in [0.25, 0.3) is 0 Å². The standard InChI is InChI=1S/C32H26N4O3/c1-19(2)18-35-26-14-13-21(32(37)38-3)16-24(26)34-31(35)22-9-6-10-23-30(22)36-25-11-5-4-8-20(25)17-27(36)29(33-23)28-12-7-15-39-28/h4-17,19H,18H2,1-3H3. The third kappa shape index (κ3) is 3.61. The highest BCUT2D eigenvalue weighted by Gasteiger charge is 2.22. The first-order valence-electron chi connectivity index (χ1n) is 13.0. The largest absolute Gasteiger partial charge is 0.465 e. The second-order valence-corrected chi connectivity index (χ2v) is 10.2. The monoisotopic (exact) mass is 514 g/mol. The zero-order chi connectivity index (χ0) is 26.7. The molecular weight excluding hydrogens is 488 g/mol. The first-order chi connectivity index (χ1) is 19.0. The average Bonchev–Trinajstić information content (AvgIpc) is 3.69. The van der Waals surface area contributed by atoms with Crippen molar-refractivity contribution in [3.05, 3.63) is 90.7 Å². The summed E-state index contributed by atoms with van der Waals surface area (Å²) in [5.41, 5.74) is 7.81. The predicted octanol–water partition coefficient (Wildman–Crippen LogP) is 7.36. The summed E-state index contributed by atoms with van der Waals surface area (Å²) >= 11 is 0. The highest BCUT2D eigenvalue weighted by molar-refractivity contribution is 6.03. The molecule has 0 fully saturated rings. The van der Waals surface area contributed by atoms with E-state index in [1.54, 1.807) is 18.4 Å². The van der Waals surface area contributed by atoms with Crippen molar-refractivity contribution in [1.82, 2.24) is 18.9 Å². The molecular formula is C32H26N4O3. The lowest BCUT2D eigenvalue weighted by molar-refractivity contribution is 0.0601. The number of ether oxygens (including phenoxy) is 1. The zero-order valence-corrected chi connectivity index (χ0v) is 21.9. The molecule has 0 spiro atoms. The van der Waals surface area contributed by atoms with Gasteiger partial charge < -0.3 is 18.1 Å². The molecule has 0 N–H and O–H groups in total. The normalized spacial score (nSPS) is 11.9. The number of benzene rings is 3. The van der Waals surface area contributed by atoms with Crippen molar-refractivity contribution in [3.63, 3.8) is 0 Å². The van der Waals surface area contributed by atoms with Gasteiger partial charge in [-0.3, -0.25) is 0 Å². The topological polar surface area (TPSA) is 74.6 Å². The number of carbonyl (C=O) groups is 1. The van der Waals surface area contributed by atoms with E-state index in [9.17, 15) is 4.79 Å². The lowest BCUT2D eigenvalue weighted by atomic mass is 10.1. The Bertz CT molecular complexity index is 2030. The minimum Gasteiger partial charge on any atom is -0.465 e. The molecule has 0 unspecified atom stereocenters. The maximum absolute atomic E-state index is 12.3. The molecule has 0 aliphatic carbocycles. The van der Waals surface area contributed by atoms with Crippen LogP contribution in [0, 0.1) is 5.92 Å². The van der Waals surface area contributed by atoms with E-state index in [1.165, 1.54) is 7.11 Å². The highest BCUT2D eigenvalue weighted by atomic mass is 16.5. The quantitative estimate of drug-likeness (QED) is 0.224. The van der Waals surface area contributed by atoms with Gasteiger partial charge >= 0.3 is 5.97 Å². The summed E-state index contributed by atoms with van der Waals surface area (Å²) in [5.74, 6) is 1.56. The average molecular weight is 515 g/mol. The van der Waals surface area contributed by atoms with Gasteiger partial charge in [0.2, 0.25) is 0 Å². The van der Waals surface area contributed by atoms with E-state index in [0.717, 1.165) is 67.9 Å². The lowest BCUT2D eigenvalue weighted by Gasteiger charge is -2.15. The van der Waals surface area contributed by atoms with Crippen LogP contribution in [0.15, 0.2) is 89.5 Å². The number of rotatable bonds is 5. The Hall–Kier alpha value is -4.91. The lowest BCUT2D eigenvalue weighted by Crippen LogP contribution is -2.07. The summed E-state index contributed by atoms with van der Waals surface area (Å²) in [6.45, 7) is 5.15. The number of fused-ring (bicyclic) bond motifs is 6. The third-order valence-corrected chi connectivity index (χ3v) is 7.14. The molecule has 0 saturated carbocycles. The van der Waals surface area contributed by atoms with Crippen molar-refractivity contribution in [2.24, 2.45) is 5.92 Å². The fraction of sp³-hybridized carbons (Fsp3) is 0.156. The molecule has 7 nitrogen and oxygen atoms in total. The highest BCUT2D eigenvalue weighted by Crippen LogP contribution is 2.37. The van der Waals surface area contributed by atoms with Crippen LogP contribution < -0.4 is 0 Å². The minimum atomic E-state index is -0.378. The number of furan rings is 1. The number of para-hydroxylation sites is 2. The van der Waals surface area contributed by atoms with E-state index in [0.29, 0.717) is 11.5 Å². The molecule has 0 amide bonds. The molecule has 192 valence electrons. The number of hydrogen-bond donors (Lipinski definition) is 0. The molecule has 7 heteroatoms. The van der Waals surface area contributed by atoms with E-state index in [4.69, 9.17) is 19.1 Å². The molecule has 0 saturated heterocycles. The summed E-state index contributed by atoms with van der Waals surface area (Å²) in [7, 11) is 1.39. The molecule has 7 rings (SSSR count). The number of imidazole rings is 1. The zero-order valence-electron chi connectivity index (χ0n) is 21.9. The van der Waals surface area contributed by atoms with Crippen molar-refractivity contribution in [3.8, 4) is 22.8 Å². The number of nitrogens with zero attached hydrogens (tertiary/aromatic N) is 4. The van der Waals surface area contributed by atoms with Crippen LogP contribution in [0.25, 0.3) is 61.3 Å². The van der Waals surface area contributed by atoms with E-state index in [-0.39, 0.29) is 5.97 Å². The van der Waals surface area contributed by atoms with Gasteiger partial charge in [0.15, 0.2) is 5.76 Å². The molecule has 4 heterocycles. The molecule has 7 aromatic rings. The van der Waals surface area contributed by atoms with Gasteiger partial charge in [0.1, 0.15) is 11.5 Å². The van der Waals surface area contributed by atoms with Crippen LogP contribution in [0.1, 0.15) is 24.2 Å². The number of aromatic nitrogens is 4. The molecule has 0 bridgehead atoms. The third-order valence-electron chi connectivity index (χ3n) is 7.14. The Morgan fingerprint density at radius 1 is 0.897 bits per heavy atom. The SMILES string of the molecule is COC(=O)c1ccc2c(c1)nc(-c1cccc3nc(-c4ccco4)c4cc5ccccc5n4c13)n2CC(C)C. The van der Waals surface area contributed by atoms with Gasteiger partial charge in [-0.15, -0.1) is 0 Å². The Balaban J connectivity index is 1.60. The second kappa shape index (κ2) is 8.84. The summed E-state index contributed by atoms with van der Waals surface area (Å²) < 4.78 is 15.3. The van der Waals surface area contributed by atoms with E-state index in [1.807, 2.05) is 36.4 Å². The predicted molar refractivity (Wildman–Crippen MR) is 153 cm³/mol. The molecule has 4 aromatic heterocycles. The molecule has 0 atom stereocenters. The second-order valence-electron chi connectivity index (χ2n) is 10.2. The molecule has 0 aliphatic heterocycles. The van der Waals surface area contributed by atoms with E-state index in [2.05, 4.69) is 53.1 Å². The van der Waals surface area contributed by atoms with Crippen LogP contribution in [0.5, 0.6) is 0 Å². The smallest absolute Gasteiger partial charge is 0.337 e. The first kappa shape index (κ1) is 23.2. The van der Waals surface area contributed by atoms with Crippen LogP contribution in [-0.4, -0.2) is 32.0 Å². The van der Waals surface area contributed by atoms with Gasteiger partial charge in [-0.1, -0.05) is 38.1 Å². The fourth-order valence-corrected chi connectivity index (χ4v) is 5.51. The van der Waals surface area contributed by atoms with Gasteiger partial charge in [-0.25, -0.2) is 14.8 Å². The van der Waals surface area contributed by atoms with Gasteiger partial charge in [0.05, 0.1) is 52.0 Å². The van der Waals surface area contributed by atoms with Crippen LogP contribution in [0.4, 0.5) is 0 Å². The Kier molecular flexibility index (Phi) is 5.26. The van der Waals surface area contributed by atoms with Crippen molar-refractivity contribution >= 4 is 44.5 Å². The van der Waals surface area contributed by atoms with E-state index >= 15 is 0 Å². The summed E-state index contributed by atoms with van der Waals surface area (Å²) in [6.07, 6.45) is 1.67. The van der Waals surface area contributed by atoms with Gasteiger partial charge in [0, 0.05) is 17.5 Å². The van der Waals surface area contributed by atoms with E-state index < -0.39 is 0 Å². The summed E-state index contributed by atoms with van der Waals surface area (Å²) in [5, 5.41) is 1.12. The minimum absolute atomic E-state index is 0.378. The number of methoxy groups -OCH3 is 1. The fourth-order valence-electron chi connectivity index (χ4n) is 5.51. The van der Waals surface area contributed by atoms with Crippen molar-refractivity contribution < 1.29 is 13.9 Å². The Labute approximate surface area is 224 Å². The van der Waals surface area contributed by atoms with Gasteiger partial charge in [-0.05, 0) is 60.5 Å². The maximum Gasteiger partial charge on any atom is 0.337 e. The molecule has 3 aromatic carbocycles. The van der Waals surface area contributed by atoms with Crippen molar-refractivity contribution in [1.29, 1.82) is 0 Å². The number of carbonyl (C=O) groups excluding carboxylic acids is 1. The molecule has 0 radical (unpaired) electrons. The van der Waals surface area contributed by atoms with Crippen LogP contribution in [0.2, 0.25) is 0 Å². The summed E-state index contributed by atoms with van der Waals surface area (Å²) in [4.78, 5) is 22.5. The maximum atomic E-state index is 12.3. The van der Waals surface area contributed by atoms with Crippen LogP contribution in [0.3, 0.4) is 0 Å². The Morgan fingerprint density at radius 2 is 1.77 bits per heavy atom. The summed E-state index contributed by atoms with van der Waals surface area (Å²) in [6, 6.07) is 26.1. The molecule has 0 aliphatic rings. The number of esters is 1. The van der Waals surface area contributed by atoms with Crippen LogP contribution >= 0.6 is 0 Å². The van der Waals surface area contributed by atoms with Crippen molar-refractivity contribution in [2.75, 3.05) is 7.11 Å². The van der Waals surface area contributed by atoms with Crippen LogP contribution in [-0.2, 0) is 11.3 Å². The number of hydrogen-bond acceptors (Lipinski definition) is 5. The Morgan fingerprint density at radius 3 is 2.56 bits per heavy atom. The van der Waals surface area contributed by atoms with Gasteiger partial charge in [-0.2, -0.15) is 0 Å². The molecule has 39 heavy (non-hydrogen) atoms.